The van der Waals surface area contributed by atoms with Crippen LogP contribution in [0.4, 0.5) is 0 Å². The molecule has 0 amide bonds. The van der Waals surface area contributed by atoms with Crippen LogP contribution in [-0.2, 0) is 26.1 Å². The number of ether oxygens (including phenoxy) is 2. The molecule has 1 fully saturated rings. The lowest BCUT2D eigenvalue weighted by Crippen LogP contribution is -2.30. The van der Waals surface area contributed by atoms with Crippen LogP contribution in [0.3, 0.4) is 0 Å². The van der Waals surface area contributed by atoms with Gasteiger partial charge in [0.05, 0.1) is 13.2 Å². The van der Waals surface area contributed by atoms with Crippen LogP contribution in [0.25, 0.3) is 0 Å². The summed E-state index contributed by atoms with van der Waals surface area (Å²) >= 11 is 0. The van der Waals surface area contributed by atoms with Crippen molar-refractivity contribution in [3.63, 3.8) is 0 Å². The summed E-state index contributed by atoms with van der Waals surface area (Å²) in [7, 11) is 1.67. The summed E-state index contributed by atoms with van der Waals surface area (Å²) in [6.45, 7) is 8.05. The molecule has 7 nitrogen and oxygen atoms in total. The van der Waals surface area contributed by atoms with Gasteiger partial charge in [-0.2, -0.15) is 5.10 Å². The molecule has 1 aliphatic heterocycles. The summed E-state index contributed by atoms with van der Waals surface area (Å²) < 4.78 is 14.9. The van der Waals surface area contributed by atoms with E-state index in [-0.39, 0.29) is 11.8 Å². The molecule has 4 rings (SSSR count). The van der Waals surface area contributed by atoms with E-state index in [4.69, 9.17) is 9.47 Å². The van der Waals surface area contributed by atoms with E-state index in [1.165, 1.54) is 18.4 Å². The van der Waals surface area contributed by atoms with Gasteiger partial charge in [0.25, 0.3) is 0 Å². The van der Waals surface area contributed by atoms with E-state index in [1.807, 2.05) is 30.5 Å². The molecule has 0 radical (unpaired) electrons. The van der Waals surface area contributed by atoms with E-state index < -0.39 is 0 Å². The van der Waals surface area contributed by atoms with Crippen LogP contribution in [0, 0.1) is 5.92 Å². The predicted octanol–water partition coefficient (Wildman–Crippen LogP) is 2.31. The molecule has 0 saturated heterocycles. The fraction of sp³-hybridized carbons (Fsp3) is 0.619. The van der Waals surface area contributed by atoms with Gasteiger partial charge in [-0.3, -0.25) is 9.47 Å². The number of hydrogen-bond acceptors (Lipinski definition) is 5. The van der Waals surface area contributed by atoms with Crippen molar-refractivity contribution >= 4 is 0 Å². The Morgan fingerprint density at radius 3 is 2.71 bits per heavy atom. The molecule has 1 saturated carbocycles. The molecule has 152 valence electrons. The first-order chi connectivity index (χ1) is 13.5. The van der Waals surface area contributed by atoms with Gasteiger partial charge in [-0.15, -0.1) is 0 Å². The second kappa shape index (κ2) is 7.99. The molecule has 2 heterocycles. The van der Waals surface area contributed by atoms with E-state index in [2.05, 4.69) is 16.1 Å². The van der Waals surface area contributed by atoms with Crippen molar-refractivity contribution in [3.05, 3.63) is 40.1 Å². The van der Waals surface area contributed by atoms with Gasteiger partial charge in [-0.1, -0.05) is 6.07 Å². The van der Waals surface area contributed by atoms with E-state index in [1.54, 1.807) is 11.8 Å². The third kappa shape index (κ3) is 4.24. The summed E-state index contributed by atoms with van der Waals surface area (Å²) in [5, 5.41) is 4.60. The number of methoxy groups -OCH3 is 1. The topological polar surface area (TPSA) is 61.5 Å². The van der Waals surface area contributed by atoms with Crippen molar-refractivity contribution in [2.75, 3.05) is 20.2 Å². The first-order valence-electron chi connectivity index (χ1n) is 10.3. The predicted molar refractivity (Wildman–Crippen MR) is 107 cm³/mol. The zero-order valence-corrected chi connectivity index (χ0v) is 17.1. The second-order valence-electron chi connectivity index (χ2n) is 8.15. The highest BCUT2D eigenvalue weighted by atomic mass is 16.5. The average Bonchev–Trinajstić information content (AvgIpc) is 3.46. The third-order valence-electron chi connectivity index (χ3n) is 5.42. The highest BCUT2D eigenvalue weighted by Gasteiger charge is 2.26. The van der Waals surface area contributed by atoms with Crippen molar-refractivity contribution < 1.29 is 9.47 Å². The van der Waals surface area contributed by atoms with Crippen LogP contribution in [-0.4, -0.2) is 45.6 Å². The molecule has 0 unspecified atom stereocenters. The SMILES string of the molecule is COc1cc(CN2CCc3nn(CC4CC4)c(=O)n3CC2)ccc1OC(C)C. The molecular formula is C21H30N4O3. The molecule has 0 spiro atoms. The van der Waals surface area contributed by atoms with Crippen LogP contribution < -0.4 is 15.2 Å². The van der Waals surface area contributed by atoms with Crippen molar-refractivity contribution in [1.29, 1.82) is 0 Å². The van der Waals surface area contributed by atoms with Crippen LogP contribution >= 0.6 is 0 Å². The third-order valence-corrected chi connectivity index (χ3v) is 5.42. The molecule has 0 atom stereocenters. The van der Waals surface area contributed by atoms with Crippen LogP contribution in [0.5, 0.6) is 11.5 Å². The lowest BCUT2D eigenvalue weighted by molar-refractivity contribution is 0.229. The standard InChI is InChI=1S/C21H30N4O3/c1-15(2)28-18-7-6-17(12-19(18)27-3)13-23-9-8-20-22-25(14-16-4-5-16)21(26)24(20)11-10-23/h6-7,12,15-16H,4-5,8-11,13-14H2,1-3H3. The minimum Gasteiger partial charge on any atom is -0.493 e. The van der Waals surface area contributed by atoms with E-state index >= 15 is 0 Å². The fourth-order valence-electron chi connectivity index (χ4n) is 3.75. The Morgan fingerprint density at radius 1 is 1.18 bits per heavy atom. The largest absolute Gasteiger partial charge is 0.493 e. The minimum absolute atomic E-state index is 0.0561. The van der Waals surface area contributed by atoms with E-state index in [9.17, 15) is 4.79 Å². The Labute approximate surface area is 165 Å². The monoisotopic (exact) mass is 386 g/mol. The van der Waals surface area contributed by atoms with Gasteiger partial charge in [0.15, 0.2) is 11.5 Å². The summed E-state index contributed by atoms with van der Waals surface area (Å²) in [4.78, 5) is 15.0. The summed E-state index contributed by atoms with van der Waals surface area (Å²) in [5.74, 6) is 3.11. The molecule has 2 aliphatic rings. The molecule has 0 bridgehead atoms. The number of hydrogen-bond donors (Lipinski definition) is 0. The molecule has 0 N–H and O–H groups in total. The number of benzene rings is 1. The van der Waals surface area contributed by atoms with Gasteiger partial charge < -0.3 is 9.47 Å². The van der Waals surface area contributed by atoms with Gasteiger partial charge in [0.2, 0.25) is 0 Å². The van der Waals surface area contributed by atoms with E-state index in [0.29, 0.717) is 12.5 Å². The van der Waals surface area contributed by atoms with Gasteiger partial charge in [0, 0.05) is 39.1 Å². The Kier molecular flexibility index (Phi) is 5.44. The first-order valence-corrected chi connectivity index (χ1v) is 10.3. The zero-order valence-electron chi connectivity index (χ0n) is 17.1. The van der Waals surface area contributed by atoms with Crippen LogP contribution in [0.1, 0.15) is 38.1 Å². The first kappa shape index (κ1) is 19.1. The van der Waals surface area contributed by atoms with Crippen LogP contribution in [0.2, 0.25) is 0 Å². The molecule has 2 aromatic rings. The highest BCUT2D eigenvalue weighted by Crippen LogP contribution is 2.30. The molecule has 1 aromatic carbocycles. The van der Waals surface area contributed by atoms with Gasteiger partial charge in [-0.25, -0.2) is 9.48 Å². The van der Waals surface area contributed by atoms with Gasteiger partial charge in [-0.05, 0) is 50.3 Å². The molecule has 1 aromatic heterocycles. The molecule has 7 heteroatoms. The lowest BCUT2D eigenvalue weighted by atomic mass is 10.2. The second-order valence-corrected chi connectivity index (χ2v) is 8.15. The van der Waals surface area contributed by atoms with Crippen molar-refractivity contribution in [2.24, 2.45) is 5.92 Å². The molecular weight excluding hydrogens is 356 g/mol. The van der Waals surface area contributed by atoms with Gasteiger partial charge in [0.1, 0.15) is 5.82 Å². The smallest absolute Gasteiger partial charge is 0.345 e. The summed E-state index contributed by atoms with van der Waals surface area (Å²) in [5.41, 5.74) is 1.24. The summed E-state index contributed by atoms with van der Waals surface area (Å²) in [6.07, 6.45) is 3.37. The van der Waals surface area contributed by atoms with Crippen molar-refractivity contribution in [3.8, 4) is 11.5 Å². The Bertz CT molecular complexity index is 882. The molecule has 28 heavy (non-hydrogen) atoms. The normalized spacial score (nSPS) is 17.4. The minimum atomic E-state index is 0.0561. The lowest BCUT2D eigenvalue weighted by Gasteiger charge is -2.21. The quantitative estimate of drug-likeness (QED) is 0.731. The average molecular weight is 386 g/mol. The number of nitrogens with zero attached hydrogens (tertiary/aromatic N) is 4. The summed E-state index contributed by atoms with van der Waals surface area (Å²) in [6, 6.07) is 6.11. The highest BCUT2D eigenvalue weighted by molar-refractivity contribution is 5.43. The maximum Gasteiger partial charge on any atom is 0.345 e. The van der Waals surface area contributed by atoms with Crippen molar-refractivity contribution in [2.45, 2.75) is 58.8 Å². The maximum absolute atomic E-state index is 12.6. The number of aromatic nitrogens is 3. The fourth-order valence-corrected chi connectivity index (χ4v) is 3.75. The van der Waals surface area contributed by atoms with Gasteiger partial charge >= 0.3 is 5.69 Å². The van der Waals surface area contributed by atoms with Crippen molar-refractivity contribution in [1.82, 2.24) is 19.2 Å². The zero-order chi connectivity index (χ0) is 19.7. The number of rotatable bonds is 7. The van der Waals surface area contributed by atoms with E-state index in [0.717, 1.165) is 49.9 Å². The Morgan fingerprint density at radius 2 is 2.00 bits per heavy atom. The van der Waals surface area contributed by atoms with Crippen LogP contribution in [0.15, 0.2) is 23.0 Å². The Hall–Kier alpha value is -2.28. The number of fused-ring (bicyclic) bond motifs is 1. The Balaban J connectivity index is 1.42. The maximum atomic E-state index is 12.6. The molecule has 1 aliphatic carbocycles.